The minimum atomic E-state index is -0.596. The molecule has 2 N–H and O–H groups in total. The van der Waals surface area contributed by atoms with Crippen molar-refractivity contribution in [3.63, 3.8) is 0 Å². The molecule has 0 saturated carbocycles. The maximum absolute atomic E-state index is 13.3. The average molecular weight is 253 g/mol. The Labute approximate surface area is 105 Å². The summed E-state index contributed by atoms with van der Waals surface area (Å²) in [6.45, 7) is 1.75. The monoisotopic (exact) mass is 253 g/mol. The topological polar surface area (TPSA) is 58.6 Å². The molecule has 0 aromatic heterocycles. The zero-order valence-corrected chi connectivity index (χ0v) is 10.3. The van der Waals surface area contributed by atoms with Crippen LogP contribution in [0.3, 0.4) is 0 Å². The van der Waals surface area contributed by atoms with Crippen molar-refractivity contribution in [1.82, 2.24) is 5.32 Å². The summed E-state index contributed by atoms with van der Waals surface area (Å²) >= 11 is 0. The molecule has 0 bridgehead atoms. The molecule has 0 fully saturated rings. The molecule has 0 saturated heterocycles. The quantitative estimate of drug-likeness (QED) is 0.779. The van der Waals surface area contributed by atoms with Crippen LogP contribution in [-0.2, 0) is 4.79 Å². The summed E-state index contributed by atoms with van der Waals surface area (Å²) in [6.07, 6.45) is 2.17. The Morgan fingerprint density at radius 2 is 2.33 bits per heavy atom. The zero-order chi connectivity index (χ0) is 13.5. The Hall–Kier alpha value is -1.88. The van der Waals surface area contributed by atoms with E-state index in [2.05, 4.69) is 5.32 Å². The molecule has 4 nitrogen and oxygen atoms in total. The summed E-state index contributed by atoms with van der Waals surface area (Å²) in [5.41, 5.74) is 0.556. The van der Waals surface area contributed by atoms with Gasteiger partial charge in [0.15, 0.2) is 11.6 Å². The molecule has 18 heavy (non-hydrogen) atoms. The van der Waals surface area contributed by atoms with Crippen molar-refractivity contribution in [2.45, 2.75) is 13.0 Å². The van der Waals surface area contributed by atoms with Gasteiger partial charge in [0.05, 0.1) is 13.2 Å². The summed E-state index contributed by atoms with van der Waals surface area (Å²) in [5, 5.41) is 11.5. The molecule has 1 rings (SSSR count). The van der Waals surface area contributed by atoms with Gasteiger partial charge in [0, 0.05) is 12.6 Å². The second-order valence-electron chi connectivity index (χ2n) is 3.82. The summed E-state index contributed by atoms with van der Waals surface area (Å²) in [5.74, 6) is -0.665. The molecule has 0 heterocycles. The molecule has 0 radical (unpaired) electrons. The van der Waals surface area contributed by atoms with Gasteiger partial charge in [0.25, 0.3) is 0 Å². The number of halogens is 1. The Kier molecular flexibility index (Phi) is 5.32. The van der Waals surface area contributed by atoms with Gasteiger partial charge in [-0.1, -0.05) is 6.07 Å². The molecule has 1 aromatic rings. The van der Waals surface area contributed by atoms with E-state index in [-0.39, 0.29) is 18.2 Å². The smallest absolute Gasteiger partial charge is 0.244 e. The van der Waals surface area contributed by atoms with Gasteiger partial charge >= 0.3 is 0 Å². The number of nitrogens with one attached hydrogen (secondary N) is 1. The minimum absolute atomic E-state index is 0.158. The molecule has 0 aliphatic heterocycles. The molecule has 5 heteroatoms. The minimum Gasteiger partial charge on any atom is -0.494 e. The molecule has 0 aliphatic rings. The normalized spacial score (nSPS) is 12.4. The van der Waals surface area contributed by atoms with Crippen LogP contribution in [0.15, 0.2) is 24.3 Å². The Balaban J connectivity index is 2.61. The second kappa shape index (κ2) is 6.76. The number of ether oxygens (including phenoxy) is 1. The van der Waals surface area contributed by atoms with E-state index in [1.165, 1.54) is 31.4 Å². The second-order valence-corrected chi connectivity index (χ2v) is 3.82. The maximum Gasteiger partial charge on any atom is 0.244 e. The van der Waals surface area contributed by atoms with E-state index < -0.39 is 11.9 Å². The SMILES string of the molecule is COc1ccc(/C=C/C(=O)NC[C@H](C)O)cc1F. The molecular weight excluding hydrogens is 237 g/mol. The lowest BCUT2D eigenvalue weighted by molar-refractivity contribution is -0.116. The predicted octanol–water partition coefficient (Wildman–Crippen LogP) is 1.34. The number of hydrogen-bond acceptors (Lipinski definition) is 3. The van der Waals surface area contributed by atoms with E-state index in [1.54, 1.807) is 13.0 Å². The third-order valence-electron chi connectivity index (χ3n) is 2.17. The van der Waals surface area contributed by atoms with Gasteiger partial charge < -0.3 is 15.2 Å². The maximum atomic E-state index is 13.3. The lowest BCUT2D eigenvalue weighted by Gasteiger charge is -2.04. The highest BCUT2D eigenvalue weighted by atomic mass is 19.1. The standard InChI is InChI=1S/C13H16FNO3/c1-9(16)8-15-13(17)6-4-10-3-5-12(18-2)11(14)7-10/h3-7,9,16H,8H2,1-2H3,(H,15,17)/b6-4+/t9-/m0/s1. The summed E-state index contributed by atoms with van der Waals surface area (Å²) in [7, 11) is 1.39. The fraction of sp³-hybridized carbons (Fsp3) is 0.308. The lowest BCUT2D eigenvalue weighted by atomic mass is 10.2. The van der Waals surface area contributed by atoms with Crippen LogP contribution in [0.25, 0.3) is 6.08 Å². The molecule has 1 atom stereocenters. The van der Waals surface area contributed by atoms with E-state index in [9.17, 15) is 9.18 Å². The molecule has 0 spiro atoms. The fourth-order valence-corrected chi connectivity index (χ4v) is 1.27. The molecule has 1 aromatic carbocycles. The number of amides is 1. The third kappa shape index (κ3) is 4.55. The number of carbonyl (C=O) groups excluding carboxylic acids is 1. The largest absolute Gasteiger partial charge is 0.494 e. The van der Waals surface area contributed by atoms with Gasteiger partial charge in [-0.25, -0.2) is 4.39 Å². The van der Waals surface area contributed by atoms with Crippen molar-refractivity contribution in [2.24, 2.45) is 0 Å². The number of hydrogen-bond donors (Lipinski definition) is 2. The first kappa shape index (κ1) is 14.2. The van der Waals surface area contributed by atoms with Crippen LogP contribution < -0.4 is 10.1 Å². The van der Waals surface area contributed by atoms with E-state index in [0.29, 0.717) is 5.56 Å². The first-order valence-electron chi connectivity index (χ1n) is 5.50. The van der Waals surface area contributed by atoms with Crippen LogP contribution in [0.2, 0.25) is 0 Å². The van der Waals surface area contributed by atoms with Crippen molar-refractivity contribution < 1.29 is 19.0 Å². The lowest BCUT2D eigenvalue weighted by Crippen LogP contribution is -2.28. The number of rotatable bonds is 5. The van der Waals surface area contributed by atoms with Crippen LogP contribution in [0.1, 0.15) is 12.5 Å². The van der Waals surface area contributed by atoms with Crippen LogP contribution in [0.5, 0.6) is 5.75 Å². The van der Waals surface area contributed by atoms with Crippen LogP contribution in [-0.4, -0.2) is 30.8 Å². The fourth-order valence-electron chi connectivity index (χ4n) is 1.27. The van der Waals surface area contributed by atoms with E-state index in [0.717, 1.165) is 0 Å². The Morgan fingerprint density at radius 1 is 1.61 bits per heavy atom. The molecule has 98 valence electrons. The van der Waals surface area contributed by atoms with E-state index in [4.69, 9.17) is 9.84 Å². The van der Waals surface area contributed by atoms with Crippen molar-refractivity contribution in [3.05, 3.63) is 35.7 Å². The Morgan fingerprint density at radius 3 is 2.89 bits per heavy atom. The van der Waals surface area contributed by atoms with Gasteiger partial charge in [-0.05, 0) is 30.7 Å². The number of aliphatic hydroxyl groups is 1. The summed E-state index contributed by atoms with van der Waals surface area (Å²) < 4.78 is 18.1. The van der Waals surface area contributed by atoms with Crippen molar-refractivity contribution >= 4 is 12.0 Å². The van der Waals surface area contributed by atoms with Gasteiger partial charge in [-0.3, -0.25) is 4.79 Å². The van der Waals surface area contributed by atoms with Crippen molar-refractivity contribution in [3.8, 4) is 5.75 Å². The van der Waals surface area contributed by atoms with Gasteiger partial charge in [0.2, 0.25) is 5.91 Å². The summed E-state index contributed by atoms with van der Waals surface area (Å²) in [4.78, 5) is 11.3. The van der Waals surface area contributed by atoms with Crippen LogP contribution in [0, 0.1) is 5.82 Å². The predicted molar refractivity (Wildman–Crippen MR) is 66.7 cm³/mol. The highest BCUT2D eigenvalue weighted by Crippen LogP contribution is 2.18. The first-order chi connectivity index (χ1) is 8.52. The molecule has 0 unspecified atom stereocenters. The van der Waals surface area contributed by atoms with Gasteiger partial charge in [-0.15, -0.1) is 0 Å². The number of methoxy groups -OCH3 is 1. The number of aliphatic hydroxyl groups excluding tert-OH is 1. The third-order valence-corrected chi connectivity index (χ3v) is 2.17. The van der Waals surface area contributed by atoms with Crippen LogP contribution >= 0.6 is 0 Å². The van der Waals surface area contributed by atoms with Gasteiger partial charge in [-0.2, -0.15) is 0 Å². The molecule has 0 aliphatic carbocycles. The van der Waals surface area contributed by atoms with Gasteiger partial charge in [0.1, 0.15) is 0 Å². The first-order valence-corrected chi connectivity index (χ1v) is 5.50. The summed E-state index contributed by atoms with van der Waals surface area (Å²) in [6, 6.07) is 4.40. The number of benzene rings is 1. The van der Waals surface area contributed by atoms with Crippen LogP contribution in [0.4, 0.5) is 4.39 Å². The average Bonchev–Trinajstić information content (AvgIpc) is 2.34. The number of carbonyl (C=O) groups is 1. The zero-order valence-electron chi connectivity index (χ0n) is 10.3. The Bertz CT molecular complexity index is 444. The molecular formula is C13H16FNO3. The highest BCUT2D eigenvalue weighted by Gasteiger charge is 2.02. The highest BCUT2D eigenvalue weighted by molar-refractivity contribution is 5.91. The van der Waals surface area contributed by atoms with Crippen molar-refractivity contribution in [1.29, 1.82) is 0 Å². The van der Waals surface area contributed by atoms with E-state index in [1.807, 2.05) is 0 Å². The van der Waals surface area contributed by atoms with E-state index >= 15 is 0 Å². The molecule has 1 amide bonds. The van der Waals surface area contributed by atoms with Crippen molar-refractivity contribution in [2.75, 3.05) is 13.7 Å².